The van der Waals surface area contributed by atoms with Crippen molar-refractivity contribution in [2.75, 3.05) is 5.73 Å². The van der Waals surface area contributed by atoms with E-state index in [-0.39, 0.29) is 23.5 Å². The lowest BCUT2D eigenvalue weighted by Crippen LogP contribution is -2.08. The van der Waals surface area contributed by atoms with Gasteiger partial charge in [0.25, 0.3) is 6.47 Å². The molecule has 0 aliphatic carbocycles. The van der Waals surface area contributed by atoms with Crippen molar-refractivity contribution in [3.8, 4) is 5.75 Å². The molecule has 0 spiro atoms. The number of hydrogen-bond donors (Lipinski definition) is 3. The van der Waals surface area contributed by atoms with Crippen LogP contribution in [-0.4, -0.2) is 28.6 Å². The van der Waals surface area contributed by atoms with Crippen LogP contribution in [0, 0.1) is 0 Å². The number of rotatable bonds is 4. The highest BCUT2D eigenvalue weighted by Crippen LogP contribution is 2.27. The number of carboxylic acid groups (broad SMARTS) is 2. The highest BCUT2D eigenvalue weighted by molar-refractivity contribution is 5.99. The highest BCUT2D eigenvalue weighted by Gasteiger charge is 2.17. The first-order valence-corrected chi connectivity index (χ1v) is 3.97. The van der Waals surface area contributed by atoms with E-state index in [1.165, 1.54) is 0 Å². The Balaban J connectivity index is 3.44. The molecule has 0 amide bonds. The number of ether oxygens (including phenoxy) is 1. The van der Waals surface area contributed by atoms with E-state index in [1.54, 1.807) is 0 Å². The number of carboxylic acids is 2. The van der Waals surface area contributed by atoms with Crippen LogP contribution in [0.5, 0.6) is 5.75 Å². The minimum Gasteiger partial charge on any atom is -0.478 e. The predicted octanol–water partition coefficient (Wildman–Crippen LogP) is 0.200. The van der Waals surface area contributed by atoms with Crippen LogP contribution in [0.1, 0.15) is 20.7 Å². The number of nitrogen functional groups attached to an aromatic ring is 1. The van der Waals surface area contributed by atoms with E-state index >= 15 is 0 Å². The number of aromatic carboxylic acids is 2. The monoisotopic (exact) mass is 225 g/mol. The van der Waals surface area contributed by atoms with Gasteiger partial charge in [-0.05, 0) is 12.1 Å². The van der Waals surface area contributed by atoms with E-state index in [9.17, 15) is 14.4 Å². The first-order chi connectivity index (χ1) is 7.47. The summed E-state index contributed by atoms with van der Waals surface area (Å²) in [4.78, 5) is 31.5. The predicted molar refractivity (Wildman–Crippen MR) is 51.5 cm³/mol. The Bertz CT molecular complexity index is 467. The van der Waals surface area contributed by atoms with Gasteiger partial charge in [-0.15, -0.1) is 0 Å². The lowest BCUT2D eigenvalue weighted by Gasteiger charge is -2.07. The van der Waals surface area contributed by atoms with E-state index in [0.717, 1.165) is 12.1 Å². The first kappa shape index (κ1) is 11.5. The molecule has 0 heterocycles. The summed E-state index contributed by atoms with van der Waals surface area (Å²) >= 11 is 0. The third-order valence-electron chi connectivity index (χ3n) is 1.79. The fourth-order valence-electron chi connectivity index (χ4n) is 1.08. The van der Waals surface area contributed by atoms with Crippen LogP contribution < -0.4 is 10.5 Å². The van der Waals surface area contributed by atoms with Gasteiger partial charge in [-0.3, -0.25) is 4.79 Å². The molecule has 0 aliphatic rings. The van der Waals surface area contributed by atoms with E-state index in [2.05, 4.69) is 4.74 Å². The number of hydrogen-bond acceptors (Lipinski definition) is 5. The van der Waals surface area contributed by atoms with E-state index in [0.29, 0.717) is 0 Å². The third-order valence-corrected chi connectivity index (χ3v) is 1.79. The van der Waals surface area contributed by atoms with Gasteiger partial charge in [-0.1, -0.05) is 0 Å². The van der Waals surface area contributed by atoms with Gasteiger partial charge in [-0.2, -0.15) is 0 Å². The summed E-state index contributed by atoms with van der Waals surface area (Å²) in [6.45, 7) is 0.0307. The zero-order valence-corrected chi connectivity index (χ0v) is 7.84. The van der Waals surface area contributed by atoms with Crippen molar-refractivity contribution in [3.63, 3.8) is 0 Å². The molecule has 1 aromatic rings. The maximum atomic E-state index is 10.7. The summed E-state index contributed by atoms with van der Waals surface area (Å²) in [5.74, 6) is -3.05. The number of benzene rings is 1. The molecule has 1 aromatic carbocycles. The molecule has 1 rings (SSSR count). The molecule has 0 radical (unpaired) electrons. The Morgan fingerprint density at radius 3 is 2.31 bits per heavy atom. The van der Waals surface area contributed by atoms with Crippen LogP contribution in [0.3, 0.4) is 0 Å². The van der Waals surface area contributed by atoms with Gasteiger partial charge in [0.05, 0.1) is 16.8 Å². The van der Waals surface area contributed by atoms with E-state index in [4.69, 9.17) is 15.9 Å². The fraction of sp³-hybridized carbons (Fsp3) is 0. The first-order valence-electron chi connectivity index (χ1n) is 3.97. The smallest absolute Gasteiger partial charge is 0.337 e. The summed E-state index contributed by atoms with van der Waals surface area (Å²) < 4.78 is 4.39. The van der Waals surface area contributed by atoms with E-state index in [1.807, 2.05) is 0 Å². The van der Waals surface area contributed by atoms with Crippen LogP contribution in [0.4, 0.5) is 5.69 Å². The molecule has 4 N–H and O–H groups in total. The van der Waals surface area contributed by atoms with Crippen molar-refractivity contribution in [2.24, 2.45) is 0 Å². The standard InChI is InChI=1S/C9H7NO6/c10-7-5(9(14)15)1-4(8(12)13)2-6(7)16-3-11/h1-3H,10H2,(H,12,13)(H,14,15). The van der Waals surface area contributed by atoms with Crippen molar-refractivity contribution >= 4 is 24.1 Å². The van der Waals surface area contributed by atoms with Gasteiger partial charge in [0.2, 0.25) is 0 Å². The number of carbonyl (C=O) groups excluding carboxylic acids is 1. The molecule has 84 valence electrons. The summed E-state index contributed by atoms with van der Waals surface area (Å²) in [7, 11) is 0. The highest BCUT2D eigenvalue weighted by atomic mass is 16.5. The minimum atomic E-state index is -1.41. The lowest BCUT2D eigenvalue weighted by atomic mass is 10.1. The lowest BCUT2D eigenvalue weighted by molar-refractivity contribution is -0.120. The van der Waals surface area contributed by atoms with E-state index < -0.39 is 17.5 Å². The average Bonchev–Trinajstić information content (AvgIpc) is 2.20. The summed E-state index contributed by atoms with van der Waals surface area (Å²) in [5, 5.41) is 17.4. The maximum Gasteiger partial charge on any atom is 0.337 e. The van der Waals surface area contributed by atoms with Crippen molar-refractivity contribution < 1.29 is 29.3 Å². The largest absolute Gasteiger partial charge is 0.478 e. The Labute approximate surface area is 89.1 Å². The normalized spacial score (nSPS) is 9.50. The van der Waals surface area contributed by atoms with Crippen LogP contribution in [0.15, 0.2) is 12.1 Å². The quantitative estimate of drug-likeness (QED) is 0.493. The summed E-state index contributed by atoms with van der Waals surface area (Å²) in [5.41, 5.74) is 4.32. The molecule has 0 saturated heterocycles. The summed E-state index contributed by atoms with van der Waals surface area (Å²) in [6.07, 6.45) is 0. The molecule has 16 heavy (non-hydrogen) atoms. The van der Waals surface area contributed by atoms with Gasteiger partial charge in [0, 0.05) is 0 Å². The molecule has 0 unspecified atom stereocenters. The van der Waals surface area contributed by atoms with Crippen LogP contribution in [-0.2, 0) is 4.79 Å². The maximum absolute atomic E-state index is 10.7. The van der Waals surface area contributed by atoms with Gasteiger partial charge < -0.3 is 20.7 Å². The van der Waals surface area contributed by atoms with Crippen molar-refractivity contribution in [1.82, 2.24) is 0 Å². The second-order valence-corrected chi connectivity index (χ2v) is 2.76. The van der Waals surface area contributed by atoms with Crippen LogP contribution >= 0.6 is 0 Å². The van der Waals surface area contributed by atoms with Gasteiger partial charge in [-0.25, -0.2) is 9.59 Å². The topological polar surface area (TPSA) is 127 Å². The Kier molecular flexibility index (Phi) is 3.09. The molecule has 0 fully saturated rings. The summed E-state index contributed by atoms with van der Waals surface area (Å²) in [6, 6.07) is 1.86. The molecule has 7 nitrogen and oxygen atoms in total. The molecular formula is C9H7NO6. The van der Waals surface area contributed by atoms with Gasteiger partial charge in [0.15, 0.2) is 5.75 Å². The Hall–Kier alpha value is -2.57. The van der Waals surface area contributed by atoms with Crippen molar-refractivity contribution in [1.29, 1.82) is 0 Å². The average molecular weight is 225 g/mol. The zero-order chi connectivity index (χ0) is 12.3. The second kappa shape index (κ2) is 4.30. The van der Waals surface area contributed by atoms with Gasteiger partial charge in [0.1, 0.15) is 0 Å². The number of nitrogens with two attached hydrogens (primary N) is 1. The van der Waals surface area contributed by atoms with Gasteiger partial charge >= 0.3 is 11.9 Å². The van der Waals surface area contributed by atoms with Crippen molar-refractivity contribution in [3.05, 3.63) is 23.3 Å². The molecule has 0 aliphatic heterocycles. The number of carbonyl (C=O) groups is 3. The van der Waals surface area contributed by atoms with Crippen LogP contribution in [0.25, 0.3) is 0 Å². The number of anilines is 1. The molecule has 0 atom stereocenters. The molecule has 0 saturated carbocycles. The molecule has 7 heteroatoms. The van der Waals surface area contributed by atoms with Crippen molar-refractivity contribution in [2.45, 2.75) is 0 Å². The second-order valence-electron chi connectivity index (χ2n) is 2.76. The third kappa shape index (κ3) is 2.08. The minimum absolute atomic E-state index is 0.0307. The van der Waals surface area contributed by atoms with Crippen LogP contribution in [0.2, 0.25) is 0 Å². The fourth-order valence-corrected chi connectivity index (χ4v) is 1.08. The molecular weight excluding hydrogens is 218 g/mol. The Morgan fingerprint density at radius 2 is 1.88 bits per heavy atom. The molecule has 0 aromatic heterocycles. The Morgan fingerprint density at radius 1 is 1.25 bits per heavy atom. The SMILES string of the molecule is Nc1c(OC=O)cc(C(=O)O)cc1C(=O)O. The zero-order valence-electron chi connectivity index (χ0n) is 7.84. The molecule has 0 bridgehead atoms.